The molecule has 0 spiro atoms. The lowest BCUT2D eigenvalue weighted by molar-refractivity contribution is -0.142. The Hall–Kier alpha value is -3.35. The molecule has 0 radical (unpaired) electrons. The van der Waals surface area contributed by atoms with Gasteiger partial charge >= 0.3 is 12.1 Å². The average molecular weight is 424 g/mol. The van der Waals surface area contributed by atoms with E-state index in [1.54, 1.807) is 6.92 Å². The molecule has 0 saturated heterocycles. The molecule has 2 atom stereocenters. The number of carbonyl (C=O) groups excluding carboxylic acids is 2. The first-order chi connectivity index (χ1) is 14.9. The molecule has 1 aliphatic rings. The van der Waals surface area contributed by atoms with Crippen molar-refractivity contribution in [2.75, 3.05) is 13.2 Å². The fourth-order valence-corrected chi connectivity index (χ4v) is 3.89. The summed E-state index contributed by atoms with van der Waals surface area (Å²) < 4.78 is 5.48. The van der Waals surface area contributed by atoms with Gasteiger partial charge in [-0.25, -0.2) is 9.59 Å². The number of nitrogens with one attached hydrogen (secondary N) is 2. The normalized spacial score (nSPS) is 14.1. The maximum Gasteiger partial charge on any atom is 0.407 e. The summed E-state index contributed by atoms with van der Waals surface area (Å²) in [5.74, 6) is -1.58. The van der Waals surface area contributed by atoms with Crippen molar-refractivity contribution in [3.8, 4) is 11.1 Å². The van der Waals surface area contributed by atoms with Gasteiger partial charge < -0.3 is 20.5 Å². The number of aliphatic carboxylic acids is 1. The number of benzene rings is 2. The second-order valence-electron chi connectivity index (χ2n) is 7.88. The summed E-state index contributed by atoms with van der Waals surface area (Å²) in [6.07, 6.45) is -0.105. The number of carboxylic acids is 1. The number of amides is 2. The highest BCUT2D eigenvalue weighted by atomic mass is 16.5. The van der Waals surface area contributed by atoms with Crippen LogP contribution in [0.5, 0.6) is 0 Å². The number of alkyl carbamates (subject to hydrolysis) is 1. The van der Waals surface area contributed by atoms with E-state index in [4.69, 9.17) is 9.84 Å². The van der Waals surface area contributed by atoms with Crippen LogP contribution in [0.15, 0.2) is 48.5 Å². The van der Waals surface area contributed by atoms with Gasteiger partial charge in [0, 0.05) is 18.9 Å². The molecule has 164 valence electrons. The van der Waals surface area contributed by atoms with Crippen LogP contribution < -0.4 is 10.6 Å². The lowest BCUT2D eigenvalue weighted by Gasteiger charge is -2.17. The van der Waals surface area contributed by atoms with Crippen molar-refractivity contribution in [3.63, 3.8) is 0 Å². The van der Waals surface area contributed by atoms with E-state index < -0.39 is 18.1 Å². The van der Waals surface area contributed by atoms with Crippen LogP contribution in [0, 0.1) is 5.92 Å². The molecule has 3 rings (SSSR count). The Bertz CT molecular complexity index is 913. The van der Waals surface area contributed by atoms with Gasteiger partial charge in [0.25, 0.3) is 0 Å². The smallest absolute Gasteiger partial charge is 0.407 e. The van der Waals surface area contributed by atoms with Crippen LogP contribution in [0.25, 0.3) is 11.1 Å². The molecule has 7 heteroatoms. The molecule has 2 aromatic carbocycles. The summed E-state index contributed by atoms with van der Waals surface area (Å²) >= 11 is 0. The summed E-state index contributed by atoms with van der Waals surface area (Å²) in [5, 5.41) is 14.2. The van der Waals surface area contributed by atoms with Crippen LogP contribution in [-0.2, 0) is 14.3 Å². The maximum absolute atomic E-state index is 12.2. The quantitative estimate of drug-likeness (QED) is 0.571. The number of carbonyl (C=O) groups is 3. The van der Waals surface area contributed by atoms with E-state index in [9.17, 15) is 14.4 Å². The first-order valence-electron chi connectivity index (χ1n) is 10.5. The van der Waals surface area contributed by atoms with Crippen LogP contribution in [0.4, 0.5) is 4.79 Å². The molecule has 2 aromatic rings. The van der Waals surface area contributed by atoms with Gasteiger partial charge in [-0.15, -0.1) is 0 Å². The molecule has 0 aromatic heterocycles. The summed E-state index contributed by atoms with van der Waals surface area (Å²) in [4.78, 5) is 35.2. The van der Waals surface area contributed by atoms with Crippen LogP contribution in [-0.4, -0.2) is 42.3 Å². The van der Waals surface area contributed by atoms with E-state index in [0.29, 0.717) is 6.42 Å². The Morgan fingerprint density at radius 2 is 1.61 bits per heavy atom. The third kappa shape index (κ3) is 5.42. The third-order valence-electron chi connectivity index (χ3n) is 5.51. The molecule has 0 fully saturated rings. The average Bonchev–Trinajstić information content (AvgIpc) is 3.08. The molecular weight excluding hydrogens is 396 g/mol. The first-order valence-corrected chi connectivity index (χ1v) is 10.5. The summed E-state index contributed by atoms with van der Waals surface area (Å²) in [7, 11) is 0. The van der Waals surface area contributed by atoms with E-state index in [0.717, 1.165) is 11.1 Å². The van der Waals surface area contributed by atoms with Crippen LogP contribution in [0.2, 0.25) is 0 Å². The van der Waals surface area contributed by atoms with Gasteiger partial charge in [-0.1, -0.05) is 62.4 Å². The lowest BCUT2D eigenvalue weighted by Crippen LogP contribution is -2.41. The minimum absolute atomic E-state index is 0.0108. The Labute approximate surface area is 181 Å². The van der Waals surface area contributed by atoms with Gasteiger partial charge in [-0.2, -0.15) is 0 Å². The lowest BCUT2D eigenvalue weighted by atomic mass is 9.98. The predicted molar refractivity (Wildman–Crippen MR) is 117 cm³/mol. The van der Waals surface area contributed by atoms with Crippen LogP contribution >= 0.6 is 0 Å². The minimum Gasteiger partial charge on any atom is -0.480 e. The monoisotopic (exact) mass is 424 g/mol. The molecule has 2 unspecified atom stereocenters. The Kier molecular flexibility index (Phi) is 7.28. The molecule has 0 aliphatic heterocycles. The zero-order chi connectivity index (χ0) is 22.4. The molecule has 0 heterocycles. The Balaban J connectivity index is 1.48. The fraction of sp³-hybridized carbons (Fsp3) is 0.375. The Morgan fingerprint density at radius 1 is 1.03 bits per heavy atom. The number of hydrogen-bond donors (Lipinski definition) is 3. The van der Waals surface area contributed by atoms with Gasteiger partial charge in [0.1, 0.15) is 12.6 Å². The summed E-state index contributed by atoms with van der Waals surface area (Å²) in [5.41, 5.74) is 4.62. The number of ether oxygens (including phenoxy) is 1. The molecule has 0 saturated carbocycles. The highest BCUT2D eigenvalue weighted by Crippen LogP contribution is 2.44. The number of fused-ring (bicyclic) bond motifs is 3. The molecule has 31 heavy (non-hydrogen) atoms. The number of hydrogen-bond acceptors (Lipinski definition) is 4. The number of carboxylic acid groups (broad SMARTS) is 1. The minimum atomic E-state index is -1.06. The van der Waals surface area contributed by atoms with Crippen molar-refractivity contribution < 1.29 is 24.2 Å². The van der Waals surface area contributed by atoms with Crippen LogP contribution in [0.1, 0.15) is 43.7 Å². The number of rotatable bonds is 9. The maximum atomic E-state index is 12.2. The van der Waals surface area contributed by atoms with Crippen molar-refractivity contribution in [2.45, 2.75) is 38.6 Å². The SMILES string of the molecule is CCC(NC(=O)CC(C)CNC(=O)OCC1c2ccccc2-c2ccccc21)C(=O)O. The zero-order valence-electron chi connectivity index (χ0n) is 17.8. The van der Waals surface area contributed by atoms with Crippen molar-refractivity contribution in [1.29, 1.82) is 0 Å². The van der Waals surface area contributed by atoms with E-state index in [2.05, 4.69) is 34.9 Å². The van der Waals surface area contributed by atoms with E-state index >= 15 is 0 Å². The van der Waals surface area contributed by atoms with Crippen molar-refractivity contribution in [2.24, 2.45) is 5.92 Å². The second kappa shape index (κ2) is 10.1. The van der Waals surface area contributed by atoms with Gasteiger partial charge in [0.2, 0.25) is 5.91 Å². The third-order valence-corrected chi connectivity index (χ3v) is 5.51. The zero-order valence-corrected chi connectivity index (χ0v) is 17.8. The highest BCUT2D eigenvalue weighted by Gasteiger charge is 2.29. The van der Waals surface area contributed by atoms with Gasteiger partial charge in [0.15, 0.2) is 0 Å². The standard InChI is InChI=1S/C24H28N2O5/c1-3-21(23(28)29)26-22(27)12-15(2)13-25-24(30)31-14-20-18-10-6-4-8-16(18)17-9-5-7-11-19(17)20/h4-11,15,20-21H,3,12-14H2,1-2H3,(H,25,30)(H,26,27)(H,28,29). The van der Waals surface area contributed by atoms with Gasteiger partial charge in [-0.3, -0.25) is 4.79 Å². The molecule has 3 N–H and O–H groups in total. The van der Waals surface area contributed by atoms with E-state index in [1.807, 2.05) is 31.2 Å². The predicted octanol–water partition coefficient (Wildman–Crippen LogP) is 3.53. The first kappa shape index (κ1) is 22.3. The van der Waals surface area contributed by atoms with Gasteiger partial charge in [-0.05, 0) is 34.6 Å². The molecular formula is C24H28N2O5. The molecule has 0 bridgehead atoms. The topological polar surface area (TPSA) is 105 Å². The van der Waals surface area contributed by atoms with E-state index in [-0.39, 0.29) is 37.3 Å². The van der Waals surface area contributed by atoms with E-state index in [1.165, 1.54) is 11.1 Å². The molecule has 7 nitrogen and oxygen atoms in total. The fourth-order valence-electron chi connectivity index (χ4n) is 3.89. The van der Waals surface area contributed by atoms with Crippen molar-refractivity contribution >= 4 is 18.0 Å². The summed E-state index contributed by atoms with van der Waals surface area (Å²) in [6.45, 7) is 3.99. The second-order valence-corrected chi connectivity index (χ2v) is 7.88. The van der Waals surface area contributed by atoms with Crippen LogP contribution in [0.3, 0.4) is 0 Å². The largest absolute Gasteiger partial charge is 0.480 e. The van der Waals surface area contributed by atoms with Crippen molar-refractivity contribution in [1.82, 2.24) is 10.6 Å². The Morgan fingerprint density at radius 3 is 2.16 bits per heavy atom. The highest BCUT2D eigenvalue weighted by molar-refractivity contribution is 5.83. The molecule has 1 aliphatic carbocycles. The van der Waals surface area contributed by atoms with Crippen molar-refractivity contribution in [3.05, 3.63) is 59.7 Å². The van der Waals surface area contributed by atoms with Gasteiger partial charge in [0.05, 0.1) is 0 Å². The molecule has 2 amide bonds. The summed E-state index contributed by atoms with van der Waals surface area (Å²) in [6, 6.07) is 15.4.